The molecule has 5 rings (SSSR count). The van der Waals surface area contributed by atoms with Gasteiger partial charge in [-0.05, 0) is 12.1 Å². The molecule has 3 aromatic heterocycles. The molecule has 0 aliphatic carbocycles. The second-order valence-corrected chi connectivity index (χ2v) is 6.68. The van der Waals surface area contributed by atoms with E-state index in [1.54, 1.807) is 19.1 Å². The van der Waals surface area contributed by atoms with Crippen LogP contribution in [0.25, 0.3) is 28.1 Å². The SMILES string of the molecule is Cc1nc(-c2nnc3c4ccccc4c(OCc4ccc(C=O)cc4C#N)nn23)no1. The smallest absolute Gasteiger partial charge is 0.242 e. The van der Waals surface area contributed by atoms with Crippen molar-refractivity contribution in [2.24, 2.45) is 0 Å². The second-order valence-electron chi connectivity index (χ2n) is 6.68. The molecule has 0 spiro atoms. The number of rotatable bonds is 5. The molecule has 3 heterocycles. The minimum Gasteiger partial charge on any atom is -0.471 e. The van der Waals surface area contributed by atoms with Crippen molar-refractivity contribution < 1.29 is 14.1 Å². The third-order valence-electron chi connectivity index (χ3n) is 4.71. The van der Waals surface area contributed by atoms with Crippen molar-refractivity contribution in [1.29, 1.82) is 5.26 Å². The number of carbonyl (C=O) groups excluding carboxylic acids is 1. The van der Waals surface area contributed by atoms with Gasteiger partial charge in [0, 0.05) is 28.8 Å². The minimum atomic E-state index is 0.0866. The zero-order valence-corrected chi connectivity index (χ0v) is 16.2. The van der Waals surface area contributed by atoms with Crippen LogP contribution in [0.1, 0.15) is 27.4 Å². The van der Waals surface area contributed by atoms with Crippen LogP contribution < -0.4 is 4.74 Å². The molecule has 31 heavy (non-hydrogen) atoms. The lowest BCUT2D eigenvalue weighted by atomic mass is 10.1. The highest BCUT2D eigenvalue weighted by Crippen LogP contribution is 2.29. The van der Waals surface area contributed by atoms with Gasteiger partial charge in [-0.1, -0.05) is 35.5 Å². The largest absolute Gasteiger partial charge is 0.471 e. The fraction of sp³-hybridized carbons (Fsp3) is 0.0952. The minimum absolute atomic E-state index is 0.0866. The second kappa shape index (κ2) is 7.31. The predicted molar refractivity (Wildman–Crippen MR) is 107 cm³/mol. The molecule has 0 aliphatic rings. The first kappa shape index (κ1) is 18.4. The Bertz CT molecular complexity index is 1500. The van der Waals surface area contributed by atoms with Gasteiger partial charge < -0.3 is 9.26 Å². The first-order chi connectivity index (χ1) is 15.2. The van der Waals surface area contributed by atoms with E-state index in [0.29, 0.717) is 46.2 Å². The lowest BCUT2D eigenvalue weighted by Crippen LogP contribution is -2.05. The lowest BCUT2D eigenvalue weighted by Gasteiger charge is -2.10. The first-order valence-corrected chi connectivity index (χ1v) is 9.24. The van der Waals surface area contributed by atoms with E-state index in [4.69, 9.17) is 9.26 Å². The van der Waals surface area contributed by atoms with Gasteiger partial charge in [0.25, 0.3) is 0 Å². The zero-order valence-electron chi connectivity index (χ0n) is 16.2. The maximum absolute atomic E-state index is 11.0. The van der Waals surface area contributed by atoms with Crippen molar-refractivity contribution in [3.63, 3.8) is 0 Å². The number of nitriles is 1. The van der Waals surface area contributed by atoms with Gasteiger partial charge in [0.1, 0.15) is 12.9 Å². The number of benzene rings is 2. The van der Waals surface area contributed by atoms with Crippen LogP contribution >= 0.6 is 0 Å². The van der Waals surface area contributed by atoms with E-state index in [1.807, 2.05) is 24.3 Å². The number of nitrogens with zero attached hydrogens (tertiary/aromatic N) is 7. The molecular weight excluding hydrogens is 398 g/mol. The van der Waals surface area contributed by atoms with E-state index in [9.17, 15) is 10.1 Å². The number of fused-ring (bicyclic) bond motifs is 3. The quantitative estimate of drug-likeness (QED) is 0.400. The van der Waals surface area contributed by atoms with E-state index in [-0.39, 0.29) is 12.4 Å². The average molecular weight is 411 g/mol. The monoisotopic (exact) mass is 411 g/mol. The van der Waals surface area contributed by atoms with Crippen molar-refractivity contribution in [3.05, 3.63) is 65.0 Å². The van der Waals surface area contributed by atoms with Crippen LogP contribution in [-0.4, -0.2) is 36.2 Å². The van der Waals surface area contributed by atoms with Gasteiger partial charge in [0.2, 0.25) is 23.4 Å². The summed E-state index contributed by atoms with van der Waals surface area (Å²) in [6, 6.07) is 14.4. The lowest BCUT2D eigenvalue weighted by molar-refractivity contribution is 0.112. The molecular formula is C21H13N7O3. The zero-order chi connectivity index (χ0) is 21.4. The molecule has 5 aromatic rings. The molecule has 0 saturated carbocycles. The van der Waals surface area contributed by atoms with Gasteiger partial charge in [0.15, 0.2) is 5.65 Å². The number of aromatic nitrogens is 6. The third-order valence-corrected chi connectivity index (χ3v) is 4.71. The summed E-state index contributed by atoms with van der Waals surface area (Å²) in [5.74, 6) is 1.30. The van der Waals surface area contributed by atoms with Crippen molar-refractivity contribution in [2.45, 2.75) is 13.5 Å². The fourth-order valence-corrected chi connectivity index (χ4v) is 3.23. The molecule has 10 nitrogen and oxygen atoms in total. The highest BCUT2D eigenvalue weighted by atomic mass is 16.5. The fourth-order valence-electron chi connectivity index (χ4n) is 3.23. The van der Waals surface area contributed by atoms with E-state index >= 15 is 0 Å². The summed E-state index contributed by atoms with van der Waals surface area (Å²) < 4.78 is 12.6. The van der Waals surface area contributed by atoms with Crippen molar-refractivity contribution in [2.75, 3.05) is 0 Å². The van der Waals surface area contributed by atoms with Crippen LogP contribution in [0.15, 0.2) is 47.0 Å². The highest BCUT2D eigenvalue weighted by molar-refractivity contribution is 5.96. The summed E-state index contributed by atoms with van der Waals surface area (Å²) in [5.41, 5.74) is 1.95. The Kier molecular flexibility index (Phi) is 4.33. The highest BCUT2D eigenvalue weighted by Gasteiger charge is 2.19. The van der Waals surface area contributed by atoms with Gasteiger partial charge in [-0.25, -0.2) is 0 Å². The molecule has 10 heteroatoms. The Hall–Kier alpha value is -4.65. The van der Waals surface area contributed by atoms with E-state index in [2.05, 4.69) is 31.5 Å². The van der Waals surface area contributed by atoms with E-state index in [0.717, 1.165) is 10.8 Å². The van der Waals surface area contributed by atoms with Crippen LogP contribution in [0.4, 0.5) is 0 Å². The summed E-state index contributed by atoms with van der Waals surface area (Å²) in [6.07, 6.45) is 0.696. The number of hydrogen-bond acceptors (Lipinski definition) is 9. The number of ether oxygens (including phenoxy) is 1. The Morgan fingerprint density at radius 3 is 2.77 bits per heavy atom. The Morgan fingerprint density at radius 2 is 2.03 bits per heavy atom. The molecule has 150 valence electrons. The molecule has 0 saturated heterocycles. The molecule has 0 bridgehead atoms. The maximum Gasteiger partial charge on any atom is 0.242 e. The summed E-state index contributed by atoms with van der Waals surface area (Å²) in [4.78, 5) is 15.2. The predicted octanol–water partition coefficient (Wildman–Crippen LogP) is 2.90. The number of hydrogen-bond donors (Lipinski definition) is 0. The summed E-state index contributed by atoms with van der Waals surface area (Å²) in [7, 11) is 0. The van der Waals surface area contributed by atoms with Gasteiger partial charge in [-0.3, -0.25) is 4.79 Å². The van der Waals surface area contributed by atoms with E-state index in [1.165, 1.54) is 10.6 Å². The van der Waals surface area contributed by atoms with Crippen LogP contribution in [0.5, 0.6) is 5.88 Å². The molecule has 0 fully saturated rings. The van der Waals surface area contributed by atoms with Crippen molar-refractivity contribution in [3.8, 4) is 23.6 Å². The topological polar surface area (TPSA) is 132 Å². The van der Waals surface area contributed by atoms with Crippen LogP contribution in [-0.2, 0) is 6.61 Å². The molecule has 0 unspecified atom stereocenters. The van der Waals surface area contributed by atoms with Crippen LogP contribution in [0.2, 0.25) is 0 Å². The Morgan fingerprint density at radius 1 is 1.19 bits per heavy atom. The van der Waals surface area contributed by atoms with Gasteiger partial charge in [-0.15, -0.1) is 15.3 Å². The van der Waals surface area contributed by atoms with Crippen molar-refractivity contribution in [1.82, 2.24) is 30.0 Å². The van der Waals surface area contributed by atoms with E-state index < -0.39 is 0 Å². The van der Waals surface area contributed by atoms with Crippen LogP contribution in [0, 0.1) is 18.3 Å². The molecule has 2 aromatic carbocycles. The first-order valence-electron chi connectivity index (χ1n) is 9.24. The summed E-state index contributed by atoms with van der Waals surface area (Å²) >= 11 is 0. The average Bonchev–Trinajstić information content (AvgIpc) is 3.43. The molecule has 0 aliphatic heterocycles. The molecule has 0 N–H and O–H groups in total. The third kappa shape index (κ3) is 3.14. The van der Waals surface area contributed by atoms with Crippen molar-refractivity contribution >= 4 is 22.7 Å². The Labute approximate surface area is 174 Å². The van der Waals surface area contributed by atoms with Gasteiger partial charge in [-0.2, -0.15) is 14.8 Å². The molecule has 0 atom stereocenters. The standard InChI is InChI=1S/C21H13N7O3/c1-12-23-18(27-31-12)20-25-24-19-16-4-2-3-5-17(16)21(26-28(19)20)30-11-14-7-6-13(10-29)8-15(14)9-22/h2-8,10H,11H2,1H3. The van der Waals surface area contributed by atoms with Gasteiger partial charge in [0.05, 0.1) is 11.6 Å². The normalized spacial score (nSPS) is 11.0. The molecule has 0 radical (unpaired) electrons. The van der Waals surface area contributed by atoms with Gasteiger partial charge >= 0.3 is 0 Å². The summed E-state index contributed by atoms with van der Waals surface area (Å²) in [5, 5.41) is 27.8. The maximum atomic E-state index is 11.0. The number of carbonyl (C=O) groups is 1. The molecule has 0 amide bonds. The number of aldehydes is 1. The Balaban J connectivity index is 1.61. The summed E-state index contributed by atoms with van der Waals surface area (Å²) in [6.45, 7) is 1.77. The number of aryl methyl sites for hydroxylation is 1. The van der Waals surface area contributed by atoms with Crippen LogP contribution in [0.3, 0.4) is 0 Å².